The second-order valence-corrected chi connectivity index (χ2v) is 7.02. The number of hydrogen-bond acceptors (Lipinski definition) is 5. The van der Waals surface area contributed by atoms with Crippen LogP contribution in [-0.2, 0) is 6.54 Å². The number of amides is 1. The summed E-state index contributed by atoms with van der Waals surface area (Å²) >= 11 is 0. The number of hydrogen-bond donors (Lipinski definition) is 1. The Kier molecular flexibility index (Phi) is 5.62. The Balaban J connectivity index is 1.53. The zero-order valence-electron chi connectivity index (χ0n) is 16.8. The first kappa shape index (κ1) is 20.1. The van der Waals surface area contributed by atoms with E-state index in [4.69, 9.17) is 9.15 Å². The first-order valence-corrected chi connectivity index (χ1v) is 9.69. The fraction of sp³-hybridized carbons (Fsp3) is 0.0800. The van der Waals surface area contributed by atoms with Crippen molar-refractivity contribution >= 4 is 22.8 Å². The number of aryl methyl sites for hydroxylation is 1. The van der Waals surface area contributed by atoms with Crippen molar-refractivity contribution in [2.75, 3.05) is 0 Å². The molecule has 0 unspecified atom stereocenters. The zero-order chi connectivity index (χ0) is 21.8. The topological polar surface area (TPSA) is 85.6 Å². The Morgan fingerprint density at radius 2 is 1.65 bits per heavy atom. The van der Waals surface area contributed by atoms with E-state index in [0.29, 0.717) is 17.5 Å². The molecule has 1 heterocycles. The Morgan fingerprint density at radius 3 is 2.42 bits per heavy atom. The molecule has 1 aromatic heterocycles. The largest absolute Gasteiger partial charge is 0.423 e. The van der Waals surface area contributed by atoms with Crippen molar-refractivity contribution in [2.45, 2.75) is 13.5 Å². The average molecular weight is 413 g/mol. The van der Waals surface area contributed by atoms with Crippen molar-refractivity contribution in [2.24, 2.45) is 0 Å². The fourth-order valence-corrected chi connectivity index (χ4v) is 3.15. The van der Waals surface area contributed by atoms with Crippen LogP contribution >= 0.6 is 0 Å². The van der Waals surface area contributed by atoms with Crippen molar-refractivity contribution in [1.29, 1.82) is 0 Å². The predicted molar refractivity (Wildman–Crippen MR) is 116 cm³/mol. The lowest BCUT2D eigenvalue weighted by molar-refractivity contribution is 0.0734. The molecule has 0 radical (unpaired) electrons. The van der Waals surface area contributed by atoms with E-state index in [2.05, 4.69) is 5.32 Å². The van der Waals surface area contributed by atoms with E-state index < -0.39 is 17.5 Å². The molecule has 1 N–H and O–H groups in total. The van der Waals surface area contributed by atoms with Gasteiger partial charge in [-0.3, -0.25) is 4.79 Å². The molecule has 0 aliphatic heterocycles. The normalized spacial score (nSPS) is 10.6. The average Bonchev–Trinajstić information content (AvgIpc) is 2.78. The number of carbonyl (C=O) groups is 2. The highest BCUT2D eigenvalue weighted by Gasteiger charge is 2.15. The van der Waals surface area contributed by atoms with E-state index in [1.165, 1.54) is 12.1 Å². The van der Waals surface area contributed by atoms with Crippen molar-refractivity contribution in [3.05, 3.63) is 112 Å². The van der Waals surface area contributed by atoms with Gasteiger partial charge in [-0.2, -0.15) is 0 Å². The summed E-state index contributed by atoms with van der Waals surface area (Å²) in [6.07, 6.45) is 0. The Morgan fingerprint density at radius 1 is 0.903 bits per heavy atom. The lowest BCUT2D eigenvalue weighted by Gasteiger charge is -2.08. The van der Waals surface area contributed by atoms with Gasteiger partial charge in [0.2, 0.25) is 0 Å². The molecular weight excluding hydrogens is 394 g/mol. The molecule has 3 aromatic carbocycles. The molecule has 0 spiro atoms. The van der Waals surface area contributed by atoms with Crippen LogP contribution < -0.4 is 15.7 Å². The minimum absolute atomic E-state index is 0.0897. The van der Waals surface area contributed by atoms with Crippen LogP contribution in [0.15, 0.2) is 88.1 Å². The van der Waals surface area contributed by atoms with E-state index in [9.17, 15) is 14.4 Å². The highest BCUT2D eigenvalue weighted by molar-refractivity contribution is 5.97. The lowest BCUT2D eigenvalue weighted by Crippen LogP contribution is -2.27. The molecule has 154 valence electrons. The molecule has 6 nitrogen and oxygen atoms in total. The maximum atomic E-state index is 12.4. The Labute approximate surface area is 178 Å². The van der Waals surface area contributed by atoms with Gasteiger partial charge in [-0.05, 0) is 42.3 Å². The van der Waals surface area contributed by atoms with E-state index in [-0.39, 0.29) is 16.9 Å². The van der Waals surface area contributed by atoms with Gasteiger partial charge >= 0.3 is 11.6 Å². The molecule has 0 saturated heterocycles. The molecule has 1 amide bonds. The van der Waals surface area contributed by atoms with Crippen LogP contribution in [0.4, 0.5) is 0 Å². The summed E-state index contributed by atoms with van der Waals surface area (Å²) in [7, 11) is 0. The number of nitrogens with one attached hydrogen (secondary N) is 1. The summed E-state index contributed by atoms with van der Waals surface area (Å²) in [6.45, 7) is 2.12. The Bertz CT molecular complexity index is 1320. The smallest absolute Gasteiger partial charge is 0.349 e. The first-order valence-electron chi connectivity index (χ1n) is 9.69. The van der Waals surface area contributed by atoms with Crippen LogP contribution in [0.3, 0.4) is 0 Å². The lowest BCUT2D eigenvalue weighted by atomic mass is 10.1. The van der Waals surface area contributed by atoms with Gasteiger partial charge in [0.25, 0.3) is 5.91 Å². The fourth-order valence-electron chi connectivity index (χ4n) is 3.15. The summed E-state index contributed by atoms with van der Waals surface area (Å²) in [6, 6.07) is 22.6. The molecule has 0 fully saturated rings. The van der Waals surface area contributed by atoms with Crippen LogP contribution in [0.5, 0.6) is 5.75 Å². The second-order valence-electron chi connectivity index (χ2n) is 7.02. The van der Waals surface area contributed by atoms with Gasteiger partial charge in [-0.15, -0.1) is 0 Å². The highest BCUT2D eigenvalue weighted by atomic mass is 16.5. The molecule has 0 aliphatic rings. The van der Waals surface area contributed by atoms with E-state index >= 15 is 0 Å². The Hall–Kier alpha value is -4.19. The maximum absolute atomic E-state index is 12.4. The monoisotopic (exact) mass is 413 g/mol. The van der Waals surface area contributed by atoms with Crippen LogP contribution in [0.1, 0.15) is 31.8 Å². The number of carbonyl (C=O) groups excluding carboxylic acids is 2. The van der Waals surface area contributed by atoms with Crippen molar-refractivity contribution in [3.8, 4) is 5.75 Å². The standard InChI is InChI=1S/C25H19NO5/c1-16-7-5-6-10-20(16)24(28)30-19-12-11-18-13-21(25(29)31-22(18)14-19)23(27)26-15-17-8-3-2-4-9-17/h2-14H,15H2,1H3,(H,26,27). The summed E-state index contributed by atoms with van der Waals surface area (Å²) in [5.41, 5.74) is 1.54. The van der Waals surface area contributed by atoms with Crippen molar-refractivity contribution < 1.29 is 18.7 Å². The number of rotatable bonds is 5. The molecule has 0 bridgehead atoms. The maximum Gasteiger partial charge on any atom is 0.349 e. The van der Waals surface area contributed by atoms with Gasteiger partial charge in [0.15, 0.2) is 0 Å². The van der Waals surface area contributed by atoms with Gasteiger partial charge in [-0.25, -0.2) is 9.59 Å². The third-order valence-electron chi connectivity index (χ3n) is 4.82. The summed E-state index contributed by atoms with van der Waals surface area (Å²) < 4.78 is 10.7. The van der Waals surface area contributed by atoms with Crippen LogP contribution in [0, 0.1) is 6.92 Å². The number of esters is 1. The van der Waals surface area contributed by atoms with Gasteiger partial charge in [0.05, 0.1) is 5.56 Å². The van der Waals surface area contributed by atoms with Gasteiger partial charge in [0.1, 0.15) is 16.9 Å². The summed E-state index contributed by atoms with van der Waals surface area (Å²) in [5, 5.41) is 3.26. The highest BCUT2D eigenvalue weighted by Crippen LogP contribution is 2.22. The van der Waals surface area contributed by atoms with Crippen LogP contribution in [0.25, 0.3) is 11.0 Å². The number of benzene rings is 3. The third-order valence-corrected chi connectivity index (χ3v) is 4.82. The zero-order valence-corrected chi connectivity index (χ0v) is 16.8. The van der Waals surface area contributed by atoms with Crippen molar-refractivity contribution in [1.82, 2.24) is 5.32 Å². The number of fused-ring (bicyclic) bond motifs is 1. The van der Waals surface area contributed by atoms with Gasteiger partial charge < -0.3 is 14.5 Å². The van der Waals surface area contributed by atoms with Crippen molar-refractivity contribution in [3.63, 3.8) is 0 Å². The van der Waals surface area contributed by atoms with E-state index in [1.807, 2.05) is 49.4 Å². The second kappa shape index (κ2) is 8.67. The quantitative estimate of drug-likeness (QED) is 0.300. The molecule has 0 aliphatic carbocycles. The molecule has 4 rings (SSSR count). The van der Waals surface area contributed by atoms with Gasteiger partial charge in [-0.1, -0.05) is 48.5 Å². The van der Waals surface area contributed by atoms with E-state index in [0.717, 1.165) is 11.1 Å². The third kappa shape index (κ3) is 4.53. The number of ether oxygens (including phenoxy) is 1. The minimum atomic E-state index is -0.763. The molecular formula is C25H19NO5. The van der Waals surface area contributed by atoms with Crippen LogP contribution in [0.2, 0.25) is 0 Å². The van der Waals surface area contributed by atoms with Crippen LogP contribution in [-0.4, -0.2) is 11.9 Å². The first-order chi connectivity index (χ1) is 15.0. The molecule has 31 heavy (non-hydrogen) atoms. The molecule has 6 heteroatoms. The molecule has 0 atom stereocenters. The van der Waals surface area contributed by atoms with Gasteiger partial charge in [0, 0.05) is 18.0 Å². The molecule has 0 saturated carbocycles. The minimum Gasteiger partial charge on any atom is -0.423 e. The summed E-state index contributed by atoms with van der Waals surface area (Å²) in [4.78, 5) is 37.2. The molecule has 4 aromatic rings. The van der Waals surface area contributed by atoms with E-state index in [1.54, 1.807) is 24.3 Å². The summed E-state index contributed by atoms with van der Waals surface area (Å²) in [5.74, 6) is -0.781. The predicted octanol–water partition coefficient (Wildman–Crippen LogP) is 4.25. The SMILES string of the molecule is Cc1ccccc1C(=O)Oc1ccc2cc(C(=O)NCc3ccccc3)c(=O)oc2c1.